The fourth-order valence-corrected chi connectivity index (χ4v) is 2.83. The van der Waals surface area contributed by atoms with Crippen molar-refractivity contribution in [2.24, 2.45) is 17.8 Å². The fourth-order valence-electron chi connectivity index (χ4n) is 2.83. The first-order chi connectivity index (χ1) is 7.87. The number of carbonyl (C=O) groups is 1. The normalized spacial score (nSPS) is 32.5. The molecule has 0 aromatic carbocycles. The predicted octanol–water partition coefficient (Wildman–Crippen LogP) is 3.07. The molecule has 3 heteroatoms. The summed E-state index contributed by atoms with van der Waals surface area (Å²) in [6.45, 7) is 9.69. The summed E-state index contributed by atoms with van der Waals surface area (Å²) >= 11 is 0. The Balaban J connectivity index is 1.96. The predicted molar refractivity (Wildman–Crippen MR) is 67.7 cm³/mol. The molecule has 0 spiro atoms. The second-order valence-corrected chi connectivity index (χ2v) is 6.33. The van der Waals surface area contributed by atoms with E-state index in [0.717, 1.165) is 19.5 Å². The van der Waals surface area contributed by atoms with Crippen molar-refractivity contribution >= 4 is 6.09 Å². The highest BCUT2D eigenvalue weighted by Crippen LogP contribution is 2.36. The van der Waals surface area contributed by atoms with Gasteiger partial charge in [-0.3, -0.25) is 0 Å². The average Bonchev–Trinajstić information content (AvgIpc) is 2.60. The Morgan fingerprint density at radius 3 is 2.65 bits per heavy atom. The van der Waals surface area contributed by atoms with E-state index < -0.39 is 5.60 Å². The van der Waals surface area contributed by atoms with E-state index >= 15 is 0 Å². The van der Waals surface area contributed by atoms with E-state index in [9.17, 15) is 4.79 Å². The Hall–Kier alpha value is -0.990. The first kappa shape index (κ1) is 12.5. The highest BCUT2D eigenvalue weighted by Gasteiger charge is 2.39. The molecule has 2 unspecified atom stereocenters. The van der Waals surface area contributed by atoms with Gasteiger partial charge in [0.2, 0.25) is 0 Å². The van der Waals surface area contributed by atoms with Gasteiger partial charge in [0.25, 0.3) is 0 Å². The van der Waals surface area contributed by atoms with Gasteiger partial charge in [-0.2, -0.15) is 0 Å². The Kier molecular flexibility index (Phi) is 3.19. The molecule has 3 atom stereocenters. The number of rotatable bonds is 0. The maximum Gasteiger partial charge on any atom is 0.410 e. The monoisotopic (exact) mass is 237 g/mol. The second-order valence-electron chi connectivity index (χ2n) is 6.33. The van der Waals surface area contributed by atoms with Crippen LogP contribution in [0, 0.1) is 17.8 Å². The number of amides is 1. The van der Waals surface area contributed by atoms with Crippen LogP contribution in [0.15, 0.2) is 12.2 Å². The summed E-state index contributed by atoms with van der Waals surface area (Å²) in [7, 11) is 0. The van der Waals surface area contributed by atoms with Crippen molar-refractivity contribution in [3.05, 3.63) is 12.2 Å². The van der Waals surface area contributed by atoms with Crippen LogP contribution >= 0.6 is 0 Å². The van der Waals surface area contributed by atoms with Crippen LogP contribution in [0.2, 0.25) is 0 Å². The van der Waals surface area contributed by atoms with Crippen LogP contribution in [-0.4, -0.2) is 29.7 Å². The van der Waals surface area contributed by atoms with Gasteiger partial charge >= 0.3 is 6.09 Å². The lowest BCUT2D eigenvalue weighted by Gasteiger charge is -2.25. The van der Waals surface area contributed by atoms with Crippen molar-refractivity contribution in [2.75, 3.05) is 13.1 Å². The van der Waals surface area contributed by atoms with E-state index in [0.29, 0.717) is 17.8 Å². The van der Waals surface area contributed by atoms with Gasteiger partial charge in [0.1, 0.15) is 5.60 Å². The van der Waals surface area contributed by atoms with Crippen molar-refractivity contribution in [3.63, 3.8) is 0 Å². The number of allylic oxidation sites excluding steroid dienone is 2. The minimum Gasteiger partial charge on any atom is -0.444 e. The molecule has 0 saturated carbocycles. The van der Waals surface area contributed by atoms with E-state index in [-0.39, 0.29) is 6.09 Å². The summed E-state index contributed by atoms with van der Waals surface area (Å²) in [5.74, 6) is 1.83. The molecule has 3 nitrogen and oxygen atoms in total. The van der Waals surface area contributed by atoms with Crippen molar-refractivity contribution in [1.82, 2.24) is 4.90 Å². The molecule has 0 radical (unpaired) electrons. The molecule has 0 bridgehead atoms. The molecule has 2 rings (SSSR count). The van der Waals surface area contributed by atoms with Gasteiger partial charge in [-0.25, -0.2) is 4.79 Å². The van der Waals surface area contributed by atoms with Gasteiger partial charge in [0.05, 0.1) is 0 Å². The summed E-state index contributed by atoms with van der Waals surface area (Å²) in [6.07, 6.45) is 5.48. The van der Waals surface area contributed by atoms with E-state index in [1.165, 1.54) is 0 Å². The van der Waals surface area contributed by atoms with Crippen LogP contribution in [0.3, 0.4) is 0 Å². The number of likely N-dealkylation sites (tertiary alicyclic amines) is 1. The quantitative estimate of drug-likeness (QED) is 0.606. The van der Waals surface area contributed by atoms with E-state index in [1.54, 1.807) is 0 Å². The van der Waals surface area contributed by atoms with Crippen LogP contribution < -0.4 is 0 Å². The third-order valence-corrected chi connectivity index (χ3v) is 3.70. The number of hydrogen-bond donors (Lipinski definition) is 0. The molecular formula is C14H23NO2. The summed E-state index contributed by atoms with van der Waals surface area (Å²) in [6, 6.07) is 0. The molecule has 2 aliphatic rings. The van der Waals surface area contributed by atoms with Gasteiger partial charge < -0.3 is 9.64 Å². The van der Waals surface area contributed by atoms with E-state index in [4.69, 9.17) is 4.74 Å². The Morgan fingerprint density at radius 1 is 1.35 bits per heavy atom. The first-order valence-corrected chi connectivity index (χ1v) is 6.51. The standard InChI is InChI=1S/C14H23NO2/c1-10-6-5-7-11-8-15(9-12(10)11)13(16)17-14(2,3)4/h5-6,10-12H,7-9H2,1-4H3/t10-,11?,12?/m0/s1. The van der Waals surface area contributed by atoms with Crippen molar-refractivity contribution < 1.29 is 9.53 Å². The maximum atomic E-state index is 12.0. The van der Waals surface area contributed by atoms with Crippen LogP contribution in [0.5, 0.6) is 0 Å². The molecule has 1 aliphatic heterocycles. The van der Waals surface area contributed by atoms with Gasteiger partial charge in [-0.15, -0.1) is 0 Å². The lowest BCUT2D eigenvalue weighted by Crippen LogP contribution is -2.35. The van der Waals surface area contributed by atoms with Crippen LogP contribution in [-0.2, 0) is 4.74 Å². The second kappa shape index (κ2) is 4.35. The van der Waals surface area contributed by atoms with Crippen LogP contribution in [0.1, 0.15) is 34.1 Å². The number of fused-ring (bicyclic) bond motifs is 1. The Morgan fingerprint density at radius 2 is 2.06 bits per heavy atom. The number of carbonyl (C=O) groups excluding carboxylic acids is 1. The van der Waals surface area contributed by atoms with Crippen molar-refractivity contribution in [1.29, 1.82) is 0 Å². The highest BCUT2D eigenvalue weighted by atomic mass is 16.6. The molecule has 17 heavy (non-hydrogen) atoms. The largest absolute Gasteiger partial charge is 0.444 e. The fraction of sp³-hybridized carbons (Fsp3) is 0.786. The Labute approximate surface area is 104 Å². The average molecular weight is 237 g/mol. The molecule has 1 fully saturated rings. The molecule has 0 N–H and O–H groups in total. The first-order valence-electron chi connectivity index (χ1n) is 6.51. The summed E-state index contributed by atoms with van der Waals surface area (Å²) in [5.41, 5.74) is -0.394. The van der Waals surface area contributed by atoms with E-state index in [1.807, 2.05) is 25.7 Å². The molecule has 0 aromatic heterocycles. The Bertz CT molecular complexity index is 330. The molecule has 1 heterocycles. The molecule has 0 aromatic rings. The molecule has 96 valence electrons. The minimum absolute atomic E-state index is 0.154. The molecule has 1 saturated heterocycles. The van der Waals surface area contributed by atoms with Crippen LogP contribution in [0.4, 0.5) is 4.79 Å². The zero-order chi connectivity index (χ0) is 12.6. The SMILES string of the molecule is C[C@H]1C=CCC2CN(C(=O)OC(C)(C)C)CC21. The summed E-state index contributed by atoms with van der Waals surface area (Å²) in [5, 5.41) is 0. The summed E-state index contributed by atoms with van der Waals surface area (Å²) < 4.78 is 5.43. The number of hydrogen-bond acceptors (Lipinski definition) is 2. The lowest BCUT2D eigenvalue weighted by molar-refractivity contribution is 0.0283. The van der Waals surface area contributed by atoms with Gasteiger partial charge in [0.15, 0.2) is 0 Å². The molecule has 1 amide bonds. The highest BCUT2D eigenvalue weighted by molar-refractivity contribution is 5.68. The smallest absolute Gasteiger partial charge is 0.410 e. The zero-order valence-electron chi connectivity index (χ0n) is 11.3. The van der Waals surface area contributed by atoms with Gasteiger partial charge in [-0.05, 0) is 44.9 Å². The maximum absolute atomic E-state index is 12.0. The topological polar surface area (TPSA) is 29.5 Å². The van der Waals surface area contributed by atoms with Crippen molar-refractivity contribution in [2.45, 2.75) is 39.7 Å². The van der Waals surface area contributed by atoms with Crippen LogP contribution in [0.25, 0.3) is 0 Å². The zero-order valence-corrected chi connectivity index (χ0v) is 11.3. The third kappa shape index (κ3) is 2.82. The van der Waals surface area contributed by atoms with E-state index in [2.05, 4.69) is 19.1 Å². The summed E-state index contributed by atoms with van der Waals surface area (Å²) in [4.78, 5) is 13.9. The van der Waals surface area contributed by atoms with Gasteiger partial charge in [-0.1, -0.05) is 19.1 Å². The van der Waals surface area contributed by atoms with Gasteiger partial charge in [0, 0.05) is 13.1 Å². The lowest BCUT2D eigenvalue weighted by atomic mass is 9.79. The minimum atomic E-state index is -0.394. The number of nitrogens with zero attached hydrogens (tertiary/aromatic N) is 1. The molecular weight excluding hydrogens is 214 g/mol. The number of ether oxygens (including phenoxy) is 1. The molecule has 1 aliphatic carbocycles. The third-order valence-electron chi connectivity index (χ3n) is 3.70. The van der Waals surface area contributed by atoms with Crippen molar-refractivity contribution in [3.8, 4) is 0 Å².